The van der Waals surface area contributed by atoms with Crippen LogP contribution in [0.1, 0.15) is 48.8 Å². The van der Waals surface area contributed by atoms with Crippen LogP contribution in [0.25, 0.3) is 16.9 Å². The molecule has 1 aromatic heterocycles. The van der Waals surface area contributed by atoms with Crippen LogP contribution in [0.3, 0.4) is 0 Å². The fourth-order valence-electron chi connectivity index (χ4n) is 6.18. The fraction of sp³-hybridized carbons (Fsp3) is 0.281. The van der Waals surface area contributed by atoms with Gasteiger partial charge in [-0.05, 0) is 66.8 Å². The zero-order chi connectivity index (χ0) is 26.8. The Bertz CT molecular complexity index is 1580. The number of methoxy groups -OCH3 is 2. The van der Waals surface area contributed by atoms with Gasteiger partial charge in [-0.3, -0.25) is 4.79 Å². The third-order valence-electron chi connectivity index (χ3n) is 8.05. The number of aromatic nitrogens is 2. The van der Waals surface area contributed by atoms with E-state index in [4.69, 9.17) is 14.5 Å². The molecule has 0 bridgehead atoms. The first-order valence-electron chi connectivity index (χ1n) is 13.5. The normalized spacial score (nSPS) is 15.5. The molecule has 1 spiro atoms. The molecule has 6 rings (SSSR count). The van der Waals surface area contributed by atoms with Crippen molar-refractivity contribution >= 4 is 12.2 Å². The maximum absolute atomic E-state index is 14.7. The highest BCUT2D eigenvalue weighted by atomic mass is 16.5. The van der Waals surface area contributed by atoms with E-state index in [0.717, 1.165) is 60.2 Å². The summed E-state index contributed by atoms with van der Waals surface area (Å²) in [5.41, 5.74) is 8.17. The van der Waals surface area contributed by atoms with Gasteiger partial charge in [0.05, 0.1) is 37.4 Å². The smallest absolute Gasteiger partial charge is 0.264 e. The molecule has 7 nitrogen and oxygen atoms in total. The van der Waals surface area contributed by atoms with Crippen molar-refractivity contribution < 1.29 is 9.47 Å². The van der Waals surface area contributed by atoms with Crippen molar-refractivity contribution in [3.05, 3.63) is 99.8 Å². The lowest BCUT2D eigenvalue weighted by Gasteiger charge is -2.42. The number of hydrogen-bond donors (Lipinski definition) is 1. The number of ether oxygens (including phenoxy) is 2. The summed E-state index contributed by atoms with van der Waals surface area (Å²) in [7, 11) is 3.25. The predicted molar refractivity (Wildman–Crippen MR) is 154 cm³/mol. The fourth-order valence-corrected chi connectivity index (χ4v) is 6.18. The lowest BCUT2D eigenvalue weighted by Crippen LogP contribution is -2.43. The molecule has 1 saturated carbocycles. The average Bonchev–Trinajstić information content (AvgIpc) is 2.98. The van der Waals surface area contributed by atoms with Gasteiger partial charge in [-0.1, -0.05) is 55.7 Å². The van der Waals surface area contributed by atoms with Gasteiger partial charge in [0, 0.05) is 11.0 Å². The van der Waals surface area contributed by atoms with E-state index in [9.17, 15) is 4.79 Å². The van der Waals surface area contributed by atoms with Gasteiger partial charge in [-0.25, -0.2) is 15.0 Å². The predicted octanol–water partition coefficient (Wildman–Crippen LogP) is 6.12. The Morgan fingerprint density at radius 3 is 2.44 bits per heavy atom. The second kappa shape index (κ2) is 10.4. The molecule has 1 N–H and O–H groups in total. The van der Waals surface area contributed by atoms with Crippen molar-refractivity contribution in [1.29, 1.82) is 0 Å². The van der Waals surface area contributed by atoms with E-state index in [0.29, 0.717) is 17.4 Å². The van der Waals surface area contributed by atoms with Crippen LogP contribution in [-0.4, -0.2) is 30.0 Å². The first kappa shape index (κ1) is 24.9. The van der Waals surface area contributed by atoms with Crippen LogP contribution < -0.4 is 20.5 Å². The Hall–Kier alpha value is -4.39. The van der Waals surface area contributed by atoms with Gasteiger partial charge in [-0.2, -0.15) is 5.10 Å². The minimum absolute atomic E-state index is 0.0666. The highest BCUT2D eigenvalue weighted by Crippen LogP contribution is 2.49. The monoisotopic (exact) mass is 520 g/mol. The summed E-state index contributed by atoms with van der Waals surface area (Å²) in [5.74, 6) is 1.71. The summed E-state index contributed by atoms with van der Waals surface area (Å²) in [4.78, 5) is 19.8. The van der Waals surface area contributed by atoms with Crippen molar-refractivity contribution in [3.63, 3.8) is 0 Å². The van der Waals surface area contributed by atoms with Gasteiger partial charge < -0.3 is 9.47 Å². The highest BCUT2D eigenvalue weighted by molar-refractivity contribution is 5.80. The number of nitrogens with zero attached hydrogens (tertiary/aromatic N) is 3. The Balaban J connectivity index is 1.55. The average molecular weight is 521 g/mol. The molecule has 3 aromatic carbocycles. The van der Waals surface area contributed by atoms with Crippen LogP contribution in [0.5, 0.6) is 11.5 Å². The number of anilines is 1. The summed E-state index contributed by atoms with van der Waals surface area (Å²) in [6.07, 6.45) is 7.96. The Labute approximate surface area is 228 Å². The minimum Gasteiger partial charge on any atom is -0.497 e. The molecule has 0 unspecified atom stereocenters. The van der Waals surface area contributed by atoms with Gasteiger partial charge >= 0.3 is 0 Å². The molecule has 7 heteroatoms. The number of fused-ring (bicyclic) bond motifs is 4. The number of hydrogen-bond acceptors (Lipinski definition) is 6. The maximum atomic E-state index is 14.7. The van der Waals surface area contributed by atoms with Crippen LogP contribution in [-0.2, 0) is 11.8 Å². The van der Waals surface area contributed by atoms with Gasteiger partial charge in [0.15, 0.2) is 0 Å². The number of rotatable bonds is 6. The molecule has 0 aliphatic heterocycles. The van der Waals surface area contributed by atoms with Gasteiger partial charge in [0.25, 0.3) is 5.56 Å². The van der Waals surface area contributed by atoms with E-state index < -0.39 is 0 Å². The number of hydrazone groups is 1. The third-order valence-corrected chi connectivity index (χ3v) is 8.05. The summed E-state index contributed by atoms with van der Waals surface area (Å²) >= 11 is 0. The molecule has 39 heavy (non-hydrogen) atoms. The van der Waals surface area contributed by atoms with E-state index in [1.807, 2.05) is 54.6 Å². The third kappa shape index (κ3) is 4.48. The molecule has 198 valence electrons. The number of para-hydroxylation sites is 2. The molecule has 1 fully saturated rings. The van der Waals surface area contributed by atoms with Crippen molar-refractivity contribution in [2.24, 2.45) is 5.10 Å². The van der Waals surface area contributed by atoms with E-state index in [2.05, 4.69) is 28.7 Å². The molecule has 2 aliphatic carbocycles. The standard InChI is InChI=1S/C32H32N4O3/c1-38-24-16-14-22(15-17-24)21-33-35-31-34-29-25-11-5-4-10-23(25)20-32(18-8-3-9-19-32)28(29)30(37)36(31)26-12-6-7-13-27(26)39-2/h4-7,10-17,21H,3,8-9,18-20H2,1-2H3,(H,34,35)/b33-21-. The van der Waals surface area contributed by atoms with E-state index >= 15 is 0 Å². The van der Waals surface area contributed by atoms with Crippen molar-refractivity contribution in [1.82, 2.24) is 9.55 Å². The number of benzene rings is 3. The second-order valence-electron chi connectivity index (χ2n) is 10.3. The quantitative estimate of drug-likeness (QED) is 0.245. The minimum atomic E-state index is -0.222. The van der Waals surface area contributed by atoms with Crippen LogP contribution in [0.15, 0.2) is 82.7 Å². The molecule has 0 atom stereocenters. The summed E-state index contributed by atoms with van der Waals surface area (Å²) in [5, 5.41) is 4.48. The number of nitrogens with one attached hydrogen (secondary N) is 1. The molecule has 2 aliphatic rings. The van der Waals surface area contributed by atoms with E-state index in [1.165, 1.54) is 12.0 Å². The van der Waals surface area contributed by atoms with Gasteiger partial charge in [0.2, 0.25) is 5.95 Å². The van der Waals surface area contributed by atoms with Crippen LogP contribution in [0, 0.1) is 0 Å². The second-order valence-corrected chi connectivity index (χ2v) is 10.3. The first-order chi connectivity index (χ1) is 19.1. The topological polar surface area (TPSA) is 77.7 Å². The zero-order valence-corrected chi connectivity index (χ0v) is 22.3. The lowest BCUT2D eigenvalue weighted by atomic mass is 9.62. The van der Waals surface area contributed by atoms with Crippen molar-refractivity contribution in [2.45, 2.75) is 43.9 Å². The largest absolute Gasteiger partial charge is 0.497 e. The molecule has 0 saturated heterocycles. The van der Waals surface area contributed by atoms with Gasteiger partial charge in [-0.15, -0.1) is 0 Å². The van der Waals surface area contributed by atoms with Crippen molar-refractivity contribution in [3.8, 4) is 28.4 Å². The van der Waals surface area contributed by atoms with Crippen LogP contribution >= 0.6 is 0 Å². The molecule has 1 heterocycles. The Morgan fingerprint density at radius 2 is 1.67 bits per heavy atom. The molecular formula is C32H32N4O3. The summed E-state index contributed by atoms with van der Waals surface area (Å²) in [6.45, 7) is 0. The highest BCUT2D eigenvalue weighted by Gasteiger charge is 2.43. The Morgan fingerprint density at radius 1 is 0.923 bits per heavy atom. The summed E-state index contributed by atoms with van der Waals surface area (Å²) in [6, 6.07) is 23.5. The summed E-state index contributed by atoms with van der Waals surface area (Å²) < 4.78 is 12.6. The SMILES string of the molecule is COc1ccc(/C=N\Nc2nc3c(c(=O)n2-c2ccccc2OC)C2(CCCCC2)Cc2ccccc2-3)cc1. The molecular weight excluding hydrogens is 488 g/mol. The molecule has 0 radical (unpaired) electrons. The van der Waals surface area contributed by atoms with Crippen molar-refractivity contribution in [2.75, 3.05) is 19.6 Å². The van der Waals surface area contributed by atoms with E-state index in [1.54, 1.807) is 25.0 Å². The molecule has 4 aromatic rings. The molecule has 0 amide bonds. The van der Waals surface area contributed by atoms with Crippen LogP contribution in [0.2, 0.25) is 0 Å². The van der Waals surface area contributed by atoms with Crippen LogP contribution in [0.4, 0.5) is 5.95 Å². The lowest BCUT2D eigenvalue weighted by molar-refractivity contribution is 0.284. The zero-order valence-electron chi connectivity index (χ0n) is 22.3. The van der Waals surface area contributed by atoms with Gasteiger partial charge in [0.1, 0.15) is 11.5 Å². The van der Waals surface area contributed by atoms with E-state index in [-0.39, 0.29) is 11.0 Å². The first-order valence-corrected chi connectivity index (χ1v) is 13.5. The Kier molecular flexibility index (Phi) is 6.65. The maximum Gasteiger partial charge on any atom is 0.264 e.